The summed E-state index contributed by atoms with van der Waals surface area (Å²) in [4.78, 5) is 16.3. The number of amides is 1. The number of thioether (sulfide) groups is 1. The lowest BCUT2D eigenvalue weighted by atomic mass is 10.2. The third-order valence-corrected chi connectivity index (χ3v) is 4.30. The van der Waals surface area contributed by atoms with Gasteiger partial charge in [0, 0.05) is 23.4 Å². The zero-order chi connectivity index (χ0) is 17.5. The molecule has 7 heteroatoms. The summed E-state index contributed by atoms with van der Waals surface area (Å²) in [7, 11) is 1.63. The molecule has 3 rings (SSSR count). The Morgan fingerprint density at radius 1 is 1.16 bits per heavy atom. The number of H-pyrrole nitrogens is 1. The normalized spacial score (nSPS) is 10.4. The fourth-order valence-electron chi connectivity index (χ4n) is 2.17. The third-order valence-electron chi connectivity index (χ3n) is 3.45. The van der Waals surface area contributed by atoms with Crippen molar-refractivity contribution in [2.24, 2.45) is 0 Å². The molecule has 1 amide bonds. The highest BCUT2D eigenvalue weighted by Gasteiger charge is 2.08. The summed E-state index contributed by atoms with van der Waals surface area (Å²) in [5.41, 5.74) is 1.74. The van der Waals surface area contributed by atoms with Crippen molar-refractivity contribution in [3.05, 3.63) is 54.6 Å². The maximum Gasteiger partial charge on any atom is 0.225 e. The average molecular weight is 354 g/mol. The van der Waals surface area contributed by atoms with Gasteiger partial charge in [0.15, 0.2) is 5.82 Å². The fourth-order valence-corrected chi connectivity index (χ4v) is 2.91. The summed E-state index contributed by atoms with van der Waals surface area (Å²) < 4.78 is 5.14. The summed E-state index contributed by atoms with van der Waals surface area (Å²) in [6.07, 6.45) is 0.395. The Morgan fingerprint density at radius 2 is 1.92 bits per heavy atom. The SMILES string of the molecule is COc1ccc(-c2nc(SCCC(=O)Nc3ccccc3)n[nH]2)cc1. The second-order valence-corrected chi connectivity index (χ2v) is 6.27. The van der Waals surface area contributed by atoms with Crippen LogP contribution in [-0.2, 0) is 4.79 Å². The standard InChI is InChI=1S/C18H18N4O2S/c1-24-15-9-7-13(8-10-15)17-20-18(22-21-17)25-12-11-16(23)19-14-5-3-2-4-6-14/h2-10H,11-12H2,1H3,(H,19,23)(H,20,21,22). The van der Waals surface area contributed by atoms with E-state index in [0.717, 1.165) is 17.0 Å². The largest absolute Gasteiger partial charge is 0.497 e. The Balaban J connectivity index is 1.49. The number of methoxy groups -OCH3 is 1. The lowest BCUT2D eigenvalue weighted by Crippen LogP contribution is -2.11. The first-order chi connectivity index (χ1) is 12.2. The highest BCUT2D eigenvalue weighted by Crippen LogP contribution is 2.22. The van der Waals surface area contributed by atoms with Gasteiger partial charge in [0.2, 0.25) is 11.1 Å². The molecule has 0 bridgehead atoms. The molecule has 0 fully saturated rings. The van der Waals surface area contributed by atoms with Crippen LogP contribution >= 0.6 is 11.8 Å². The predicted molar refractivity (Wildman–Crippen MR) is 98.8 cm³/mol. The van der Waals surface area contributed by atoms with E-state index in [1.54, 1.807) is 7.11 Å². The number of nitrogens with one attached hydrogen (secondary N) is 2. The summed E-state index contributed by atoms with van der Waals surface area (Å²) in [6, 6.07) is 17.0. The zero-order valence-corrected chi connectivity index (χ0v) is 14.5. The molecule has 1 aromatic heterocycles. The van der Waals surface area contributed by atoms with Crippen molar-refractivity contribution in [1.82, 2.24) is 15.2 Å². The minimum Gasteiger partial charge on any atom is -0.497 e. The van der Waals surface area contributed by atoms with Gasteiger partial charge >= 0.3 is 0 Å². The van der Waals surface area contributed by atoms with Crippen molar-refractivity contribution in [3.8, 4) is 17.1 Å². The van der Waals surface area contributed by atoms with Crippen molar-refractivity contribution in [3.63, 3.8) is 0 Å². The van der Waals surface area contributed by atoms with Crippen LogP contribution in [0.5, 0.6) is 5.75 Å². The number of hydrogen-bond donors (Lipinski definition) is 2. The molecule has 0 unspecified atom stereocenters. The van der Waals surface area contributed by atoms with Crippen molar-refractivity contribution in [2.75, 3.05) is 18.2 Å². The van der Waals surface area contributed by atoms with E-state index in [0.29, 0.717) is 23.2 Å². The van der Waals surface area contributed by atoms with E-state index in [1.165, 1.54) is 11.8 Å². The van der Waals surface area contributed by atoms with E-state index in [9.17, 15) is 4.79 Å². The molecule has 0 saturated heterocycles. The van der Waals surface area contributed by atoms with Gasteiger partial charge in [-0.1, -0.05) is 30.0 Å². The first-order valence-corrected chi connectivity index (χ1v) is 8.77. The topological polar surface area (TPSA) is 79.9 Å². The number of rotatable bonds is 7. The number of para-hydroxylation sites is 1. The molecule has 0 radical (unpaired) electrons. The van der Waals surface area contributed by atoms with Crippen LogP contribution in [0.4, 0.5) is 5.69 Å². The van der Waals surface area contributed by atoms with Gasteiger partial charge in [0.05, 0.1) is 7.11 Å². The van der Waals surface area contributed by atoms with E-state index in [2.05, 4.69) is 20.5 Å². The molecule has 1 heterocycles. The summed E-state index contributed by atoms with van der Waals surface area (Å²) in [6.45, 7) is 0. The molecule has 6 nitrogen and oxygen atoms in total. The van der Waals surface area contributed by atoms with Crippen LogP contribution in [0.1, 0.15) is 6.42 Å². The Hall–Kier alpha value is -2.80. The van der Waals surface area contributed by atoms with Gasteiger partial charge in [-0.05, 0) is 36.4 Å². The molecular formula is C18H18N4O2S. The fraction of sp³-hybridized carbons (Fsp3) is 0.167. The number of aromatic nitrogens is 3. The van der Waals surface area contributed by atoms with Crippen molar-refractivity contribution < 1.29 is 9.53 Å². The summed E-state index contributed by atoms with van der Waals surface area (Å²) in [5, 5.41) is 10.6. The number of anilines is 1. The monoisotopic (exact) mass is 354 g/mol. The minimum atomic E-state index is -0.0235. The van der Waals surface area contributed by atoms with Gasteiger partial charge in [-0.2, -0.15) is 0 Å². The number of ether oxygens (including phenoxy) is 1. The molecule has 0 aliphatic carbocycles. The van der Waals surface area contributed by atoms with Crippen LogP contribution < -0.4 is 10.1 Å². The van der Waals surface area contributed by atoms with Crippen LogP contribution in [-0.4, -0.2) is 34.0 Å². The Kier molecular flexibility index (Phi) is 5.69. The molecule has 3 aromatic rings. The van der Waals surface area contributed by atoms with Crippen LogP contribution in [0, 0.1) is 0 Å². The highest BCUT2D eigenvalue weighted by molar-refractivity contribution is 7.99. The number of benzene rings is 2. The molecule has 128 valence electrons. The lowest BCUT2D eigenvalue weighted by Gasteiger charge is -2.03. The maximum absolute atomic E-state index is 11.9. The second kappa shape index (κ2) is 8.34. The number of carbonyl (C=O) groups excluding carboxylic acids is 1. The van der Waals surface area contributed by atoms with Crippen LogP contribution in [0.2, 0.25) is 0 Å². The molecule has 0 aliphatic rings. The van der Waals surface area contributed by atoms with Gasteiger partial charge in [0.1, 0.15) is 5.75 Å². The zero-order valence-electron chi connectivity index (χ0n) is 13.7. The Bertz CT molecular complexity index is 819. The molecule has 0 aliphatic heterocycles. The first-order valence-electron chi connectivity index (χ1n) is 7.79. The number of aromatic amines is 1. The Labute approximate surface area is 150 Å². The van der Waals surface area contributed by atoms with Gasteiger partial charge in [-0.3, -0.25) is 9.89 Å². The third kappa shape index (κ3) is 4.84. The molecule has 25 heavy (non-hydrogen) atoms. The lowest BCUT2D eigenvalue weighted by molar-refractivity contribution is -0.115. The smallest absolute Gasteiger partial charge is 0.225 e. The molecule has 0 saturated carbocycles. The molecule has 2 N–H and O–H groups in total. The average Bonchev–Trinajstić information content (AvgIpc) is 3.11. The van der Waals surface area contributed by atoms with E-state index < -0.39 is 0 Å². The highest BCUT2D eigenvalue weighted by atomic mass is 32.2. The van der Waals surface area contributed by atoms with E-state index in [4.69, 9.17) is 4.74 Å². The molecule has 2 aromatic carbocycles. The van der Waals surface area contributed by atoms with Gasteiger partial charge in [0.25, 0.3) is 0 Å². The molecule has 0 spiro atoms. The first kappa shape index (κ1) is 17.0. The Morgan fingerprint density at radius 3 is 2.64 bits per heavy atom. The van der Waals surface area contributed by atoms with Crippen molar-refractivity contribution >= 4 is 23.4 Å². The van der Waals surface area contributed by atoms with Crippen LogP contribution in [0.15, 0.2) is 59.8 Å². The molecule has 0 atom stereocenters. The second-order valence-electron chi connectivity index (χ2n) is 5.21. The van der Waals surface area contributed by atoms with Crippen LogP contribution in [0.25, 0.3) is 11.4 Å². The van der Waals surface area contributed by atoms with Gasteiger partial charge in [-0.15, -0.1) is 5.10 Å². The van der Waals surface area contributed by atoms with E-state index in [1.807, 2.05) is 54.6 Å². The van der Waals surface area contributed by atoms with Crippen molar-refractivity contribution in [1.29, 1.82) is 0 Å². The quantitative estimate of drug-likeness (QED) is 0.634. The summed E-state index contributed by atoms with van der Waals surface area (Å²) >= 11 is 1.44. The number of carbonyl (C=O) groups is 1. The predicted octanol–water partition coefficient (Wildman–Crippen LogP) is 3.60. The summed E-state index contributed by atoms with van der Waals surface area (Å²) in [5.74, 6) is 2.07. The van der Waals surface area contributed by atoms with Gasteiger partial charge in [-0.25, -0.2) is 4.98 Å². The van der Waals surface area contributed by atoms with Gasteiger partial charge < -0.3 is 10.1 Å². The minimum absolute atomic E-state index is 0.0235. The van der Waals surface area contributed by atoms with Crippen molar-refractivity contribution in [2.45, 2.75) is 11.6 Å². The maximum atomic E-state index is 11.9. The van der Waals surface area contributed by atoms with Crippen LogP contribution in [0.3, 0.4) is 0 Å². The number of nitrogens with zero attached hydrogens (tertiary/aromatic N) is 2. The van der Waals surface area contributed by atoms with E-state index in [-0.39, 0.29) is 5.91 Å². The number of hydrogen-bond acceptors (Lipinski definition) is 5. The van der Waals surface area contributed by atoms with E-state index >= 15 is 0 Å². The molecular weight excluding hydrogens is 336 g/mol.